The number of nitrogens with two attached hydrogens (primary N) is 1. The van der Waals surface area contributed by atoms with Gasteiger partial charge in [0, 0.05) is 103 Å². The van der Waals surface area contributed by atoms with E-state index in [9.17, 15) is 14.4 Å². The van der Waals surface area contributed by atoms with Crippen molar-refractivity contribution < 1.29 is 19.1 Å². The first-order chi connectivity index (χ1) is 36.7. The van der Waals surface area contributed by atoms with E-state index in [1.165, 1.54) is 5.69 Å². The number of anilines is 8. The number of morpholine rings is 1. The first-order valence-corrected chi connectivity index (χ1v) is 26.5. The Kier molecular flexibility index (Phi) is 16.4. The van der Waals surface area contributed by atoms with Gasteiger partial charge in [-0.3, -0.25) is 19.3 Å². The molecule has 6 N–H and O–H groups in total. The summed E-state index contributed by atoms with van der Waals surface area (Å²) in [6.07, 6.45) is 10.5. The van der Waals surface area contributed by atoms with E-state index >= 15 is 0 Å². The van der Waals surface area contributed by atoms with Crippen LogP contribution in [0, 0.1) is 0 Å². The highest BCUT2D eigenvalue weighted by Gasteiger charge is 2.31. The topological polar surface area (TPSA) is 202 Å². The number of amides is 3. The Morgan fingerprint density at radius 3 is 1.68 bits per heavy atom. The summed E-state index contributed by atoms with van der Waals surface area (Å²) in [5.74, 6) is 1.11. The van der Waals surface area contributed by atoms with Gasteiger partial charge in [-0.05, 0) is 144 Å². The predicted molar refractivity (Wildman–Crippen MR) is 296 cm³/mol. The Morgan fingerprint density at radius 2 is 1.12 bits per heavy atom. The molecule has 5 aliphatic heterocycles. The van der Waals surface area contributed by atoms with Gasteiger partial charge >= 0.3 is 0 Å². The molecule has 0 aliphatic carbocycles. The van der Waals surface area contributed by atoms with Gasteiger partial charge in [0.15, 0.2) is 0 Å². The molecule has 0 radical (unpaired) electrons. The predicted octanol–water partition coefficient (Wildman–Crippen LogP) is 6.89. The molecule has 5 aliphatic rings. The molecule has 7 heterocycles. The molecule has 0 bridgehead atoms. The molecule has 2 aromatic heterocycles. The van der Waals surface area contributed by atoms with Crippen molar-refractivity contribution in [3.8, 4) is 22.5 Å². The van der Waals surface area contributed by atoms with Crippen molar-refractivity contribution in [2.24, 2.45) is 5.73 Å². The van der Waals surface area contributed by atoms with Crippen LogP contribution in [-0.2, 0) is 19.1 Å². The van der Waals surface area contributed by atoms with Crippen molar-refractivity contribution in [3.05, 3.63) is 122 Å². The fourth-order valence-electron chi connectivity index (χ4n) is 10.6. The third kappa shape index (κ3) is 12.8. The Labute approximate surface area is 439 Å². The van der Waals surface area contributed by atoms with E-state index < -0.39 is 0 Å². The molecule has 4 aromatic carbocycles. The largest absolute Gasteiger partial charge is 0.378 e. The number of likely N-dealkylation sites (tertiary alicyclic amines) is 1. The Bertz CT molecular complexity index is 2850. The Balaban J connectivity index is 0.000000173. The summed E-state index contributed by atoms with van der Waals surface area (Å²) in [7, 11) is 2.02. The lowest BCUT2D eigenvalue weighted by molar-refractivity contribution is -0.133. The summed E-state index contributed by atoms with van der Waals surface area (Å²) in [4.78, 5) is 66.2. The first kappa shape index (κ1) is 50.8. The maximum Gasteiger partial charge on any atom is 0.241 e. The van der Waals surface area contributed by atoms with Crippen LogP contribution in [0.2, 0.25) is 0 Å². The van der Waals surface area contributed by atoms with Gasteiger partial charge in [0.1, 0.15) is 6.04 Å². The number of primary amides is 1. The number of rotatable bonds is 13. The number of nitrogens with one attached hydrogen (secondary N) is 4. The summed E-state index contributed by atoms with van der Waals surface area (Å²) in [5.41, 5.74) is 15.1. The highest BCUT2D eigenvalue weighted by molar-refractivity contribution is 5.95. The second-order valence-corrected chi connectivity index (χ2v) is 19.8. The second kappa shape index (κ2) is 24.1. The van der Waals surface area contributed by atoms with Crippen LogP contribution >= 0.6 is 0 Å². The highest BCUT2D eigenvalue weighted by atomic mass is 16.5. The van der Waals surface area contributed by atoms with Gasteiger partial charge in [0.25, 0.3) is 0 Å². The minimum absolute atomic E-state index is 0.00274. The minimum atomic E-state index is -0.271. The van der Waals surface area contributed by atoms with Crippen molar-refractivity contribution in [1.82, 2.24) is 35.1 Å². The third-order valence-corrected chi connectivity index (χ3v) is 14.8. The smallest absolute Gasteiger partial charge is 0.241 e. The third-order valence-electron chi connectivity index (χ3n) is 14.8. The molecule has 0 spiro atoms. The van der Waals surface area contributed by atoms with E-state index in [2.05, 4.69) is 80.1 Å². The number of ether oxygens (including phenoxy) is 1. The quantitative estimate of drug-likeness (QED) is 0.0800. The maximum atomic E-state index is 12.7. The fourth-order valence-corrected chi connectivity index (χ4v) is 10.6. The Morgan fingerprint density at radius 1 is 0.573 bits per heavy atom. The van der Waals surface area contributed by atoms with Crippen molar-refractivity contribution in [1.29, 1.82) is 0 Å². The molecule has 18 heteroatoms. The summed E-state index contributed by atoms with van der Waals surface area (Å²) in [6, 6.07) is 35.9. The number of nitrogens with zero attached hydrogens (tertiary/aromatic N) is 9. The van der Waals surface area contributed by atoms with Crippen LogP contribution in [0.15, 0.2) is 122 Å². The van der Waals surface area contributed by atoms with Gasteiger partial charge in [0.05, 0.1) is 36.7 Å². The van der Waals surface area contributed by atoms with Crippen LogP contribution < -0.4 is 41.7 Å². The number of benzene rings is 4. The molecule has 5 saturated heterocycles. The van der Waals surface area contributed by atoms with Gasteiger partial charge in [-0.15, -0.1) is 0 Å². The maximum absolute atomic E-state index is 12.7. The SMILES string of the molecule is CN1CCCCC1C(=O)Nc1ccc(-c2ccnc(Nc3ccc(N4CCOCC4)cc3)n2)cc1.NC(=O)[C@H]1CCCN1c1ccc(-c2ccnc(Nc3ccc(N4CCN(C(=O)[C@@H]5CCCN5)CC4)cc3)n2)cc1. The van der Waals surface area contributed by atoms with E-state index in [4.69, 9.17) is 15.5 Å². The molecular weight excluding hydrogens is 945 g/mol. The normalized spacial score (nSPS) is 20.0. The van der Waals surface area contributed by atoms with Gasteiger partial charge < -0.3 is 51.3 Å². The van der Waals surface area contributed by atoms with E-state index in [-0.39, 0.29) is 35.8 Å². The van der Waals surface area contributed by atoms with Crippen molar-refractivity contribution in [3.63, 3.8) is 0 Å². The molecule has 6 aromatic rings. The number of piperazine rings is 1. The summed E-state index contributed by atoms with van der Waals surface area (Å²) in [6.45, 7) is 9.28. The molecule has 1 unspecified atom stereocenters. The minimum Gasteiger partial charge on any atom is -0.378 e. The molecule has 0 saturated carbocycles. The molecule has 11 rings (SSSR count). The zero-order valence-electron chi connectivity index (χ0n) is 42.7. The zero-order valence-corrected chi connectivity index (χ0v) is 42.7. The summed E-state index contributed by atoms with van der Waals surface area (Å²) < 4.78 is 5.43. The van der Waals surface area contributed by atoms with Gasteiger partial charge in [0.2, 0.25) is 29.6 Å². The highest BCUT2D eigenvalue weighted by Crippen LogP contribution is 2.30. The average molecular weight is 1010 g/mol. The van der Waals surface area contributed by atoms with E-state index in [1.54, 1.807) is 12.4 Å². The summed E-state index contributed by atoms with van der Waals surface area (Å²) in [5, 5.41) is 13.0. The van der Waals surface area contributed by atoms with Crippen molar-refractivity contribution in [2.75, 3.05) is 110 Å². The van der Waals surface area contributed by atoms with Crippen LogP contribution in [0.1, 0.15) is 44.9 Å². The molecule has 18 nitrogen and oxygen atoms in total. The number of likely N-dealkylation sites (N-methyl/N-ethyl adjacent to an activating group) is 1. The first-order valence-electron chi connectivity index (χ1n) is 26.5. The van der Waals surface area contributed by atoms with Crippen LogP contribution in [0.5, 0.6) is 0 Å². The lowest BCUT2D eigenvalue weighted by Crippen LogP contribution is -2.53. The monoisotopic (exact) mass is 1010 g/mol. The van der Waals surface area contributed by atoms with E-state index in [0.29, 0.717) is 11.9 Å². The molecule has 3 atom stereocenters. The standard InChI is InChI=1S/C30H36N8O2.C27H32N6O2/c31-28(39)27-4-2-16-38(27)24-9-5-21(6-10-24)25-13-15-33-30(35-25)34-22-7-11-23(12-8-22)36-17-19-37(20-18-36)29(40)26-3-1-14-32-26;1-32-15-3-2-4-25(32)26(34)29-21-7-5-20(6-8-21)24-13-14-28-27(31-24)30-22-9-11-23(12-10-22)33-16-18-35-19-17-33/h5-13,15,26-27,32H,1-4,14,16-20H2,(H2,31,39)(H,33,34,35);5-14,25H,2-4,15-19H2,1H3,(H,29,34)(H,28,30,31)/t26-,27+;/m0./s1. The van der Waals surface area contributed by atoms with Crippen LogP contribution in [-0.4, -0.2) is 145 Å². The molecular formula is C57H68N14O4. The number of carbonyl (C=O) groups excluding carboxylic acids is 3. The molecule has 390 valence electrons. The van der Waals surface area contributed by atoms with Crippen LogP contribution in [0.25, 0.3) is 22.5 Å². The van der Waals surface area contributed by atoms with Crippen LogP contribution in [0.4, 0.5) is 46.0 Å². The second-order valence-electron chi connectivity index (χ2n) is 19.8. The molecule has 75 heavy (non-hydrogen) atoms. The van der Waals surface area contributed by atoms with E-state index in [1.807, 2.05) is 96.9 Å². The van der Waals surface area contributed by atoms with Gasteiger partial charge in [-0.1, -0.05) is 30.7 Å². The van der Waals surface area contributed by atoms with Crippen molar-refractivity contribution >= 4 is 63.7 Å². The lowest BCUT2D eigenvalue weighted by atomic mass is 10.0. The fraction of sp³-hybridized carbons (Fsp3) is 0.386. The van der Waals surface area contributed by atoms with Crippen molar-refractivity contribution in [2.45, 2.75) is 63.1 Å². The van der Waals surface area contributed by atoms with Gasteiger partial charge in [-0.2, -0.15) is 0 Å². The number of hydrogen-bond acceptors (Lipinski definition) is 15. The van der Waals surface area contributed by atoms with E-state index in [0.717, 1.165) is 168 Å². The molecule has 3 amide bonds. The zero-order chi connectivity index (χ0) is 51.5. The average Bonchev–Trinajstić information content (AvgIpc) is 4.19. The Hall–Kier alpha value is -7.67. The number of carbonyl (C=O) groups is 3. The number of aromatic nitrogens is 4. The van der Waals surface area contributed by atoms with Crippen LogP contribution in [0.3, 0.4) is 0 Å². The van der Waals surface area contributed by atoms with Gasteiger partial charge in [-0.25, -0.2) is 19.9 Å². The lowest BCUT2D eigenvalue weighted by Gasteiger charge is -2.37. The molecule has 5 fully saturated rings. The number of piperidine rings is 1. The summed E-state index contributed by atoms with van der Waals surface area (Å²) >= 11 is 0. The number of hydrogen-bond donors (Lipinski definition) is 5.